The zero-order valence-electron chi connectivity index (χ0n) is 12.9. The first-order valence-corrected chi connectivity index (χ1v) is 8.64. The molecule has 1 unspecified atom stereocenters. The zero-order chi connectivity index (χ0) is 14.9. The van der Waals surface area contributed by atoms with Crippen LogP contribution in [0, 0.1) is 5.41 Å². The molecular weight excluding hydrogens is 330 g/mol. The largest absolute Gasteiger partial charge is 0.486 e. The molecule has 116 valence electrons. The summed E-state index contributed by atoms with van der Waals surface area (Å²) in [5.74, 6) is 1.69. The van der Waals surface area contributed by atoms with Gasteiger partial charge in [-0.3, -0.25) is 0 Å². The first kappa shape index (κ1) is 15.2. The molecule has 1 atom stereocenters. The Bertz CT molecular complexity index is 516. The average Bonchev–Trinajstić information content (AvgIpc) is 2.44. The molecule has 1 aliphatic heterocycles. The summed E-state index contributed by atoms with van der Waals surface area (Å²) in [6.07, 6.45) is 5.23. The lowest BCUT2D eigenvalue weighted by Crippen LogP contribution is -2.36. The number of fused-ring (bicyclic) bond motifs is 1. The number of hydrogen-bond acceptors (Lipinski definition) is 3. The van der Waals surface area contributed by atoms with Gasteiger partial charge in [-0.05, 0) is 58.3 Å². The van der Waals surface area contributed by atoms with Gasteiger partial charge >= 0.3 is 0 Å². The Morgan fingerprint density at radius 1 is 1.29 bits per heavy atom. The predicted molar refractivity (Wildman–Crippen MR) is 88.0 cm³/mol. The van der Waals surface area contributed by atoms with Crippen LogP contribution in [0.3, 0.4) is 0 Å². The topological polar surface area (TPSA) is 30.5 Å². The second-order valence-corrected chi connectivity index (χ2v) is 7.79. The van der Waals surface area contributed by atoms with Crippen LogP contribution in [0.15, 0.2) is 16.6 Å². The molecule has 3 nitrogen and oxygen atoms in total. The van der Waals surface area contributed by atoms with E-state index in [0.717, 1.165) is 22.5 Å². The minimum Gasteiger partial charge on any atom is -0.486 e. The standard InChI is InChI=1S/C17H24BrNO2/c1-17(2)5-3-4-13(10-17)19-11-12-8-14(18)16-15(9-12)20-6-7-21-16/h8-9,13,19H,3-7,10-11H2,1-2H3. The van der Waals surface area contributed by atoms with Gasteiger partial charge < -0.3 is 14.8 Å². The first-order valence-electron chi connectivity index (χ1n) is 7.85. The second kappa shape index (κ2) is 6.17. The molecule has 0 amide bonds. The van der Waals surface area contributed by atoms with E-state index in [-0.39, 0.29) is 0 Å². The van der Waals surface area contributed by atoms with Gasteiger partial charge in [0.1, 0.15) is 13.2 Å². The molecule has 3 rings (SSSR count). The minimum absolute atomic E-state index is 0.475. The average molecular weight is 354 g/mol. The van der Waals surface area contributed by atoms with E-state index in [1.54, 1.807) is 0 Å². The Morgan fingerprint density at radius 2 is 2.10 bits per heavy atom. The van der Waals surface area contributed by atoms with Gasteiger partial charge in [0, 0.05) is 12.6 Å². The number of nitrogens with one attached hydrogen (secondary N) is 1. The number of hydrogen-bond donors (Lipinski definition) is 1. The van der Waals surface area contributed by atoms with Crippen molar-refractivity contribution in [3.8, 4) is 11.5 Å². The van der Waals surface area contributed by atoms with Crippen molar-refractivity contribution in [1.82, 2.24) is 5.32 Å². The lowest BCUT2D eigenvalue weighted by molar-refractivity contribution is 0.170. The molecular formula is C17H24BrNO2. The highest BCUT2D eigenvalue weighted by Gasteiger charge is 2.27. The predicted octanol–water partition coefficient (Wildman–Crippen LogP) is 4.28. The van der Waals surface area contributed by atoms with E-state index in [1.165, 1.54) is 31.2 Å². The van der Waals surface area contributed by atoms with Crippen molar-refractivity contribution in [1.29, 1.82) is 0 Å². The first-order chi connectivity index (χ1) is 10.0. The summed E-state index contributed by atoms with van der Waals surface area (Å²) >= 11 is 3.58. The molecule has 0 saturated heterocycles. The van der Waals surface area contributed by atoms with Crippen molar-refractivity contribution in [3.63, 3.8) is 0 Å². The molecule has 0 spiro atoms. The lowest BCUT2D eigenvalue weighted by atomic mass is 9.75. The van der Waals surface area contributed by atoms with Gasteiger partial charge in [-0.25, -0.2) is 0 Å². The quantitative estimate of drug-likeness (QED) is 0.879. The van der Waals surface area contributed by atoms with E-state index in [1.807, 2.05) is 0 Å². The third-order valence-electron chi connectivity index (χ3n) is 4.46. The fraction of sp³-hybridized carbons (Fsp3) is 0.647. The molecule has 21 heavy (non-hydrogen) atoms. The highest BCUT2D eigenvalue weighted by molar-refractivity contribution is 9.10. The van der Waals surface area contributed by atoms with E-state index < -0.39 is 0 Å². The van der Waals surface area contributed by atoms with Crippen LogP contribution in [0.4, 0.5) is 0 Å². The lowest BCUT2D eigenvalue weighted by Gasteiger charge is -2.35. The van der Waals surface area contributed by atoms with Gasteiger partial charge in [-0.1, -0.05) is 20.3 Å². The van der Waals surface area contributed by atoms with Crippen LogP contribution >= 0.6 is 15.9 Å². The Kier molecular flexibility index (Phi) is 4.46. The van der Waals surface area contributed by atoms with Crippen molar-refractivity contribution in [3.05, 3.63) is 22.2 Å². The Hall–Kier alpha value is -0.740. The normalized spacial score (nSPS) is 23.9. The number of halogens is 1. The molecule has 1 aliphatic carbocycles. The van der Waals surface area contributed by atoms with Crippen LogP contribution < -0.4 is 14.8 Å². The summed E-state index contributed by atoms with van der Waals surface area (Å²) < 4.78 is 12.3. The van der Waals surface area contributed by atoms with Crippen molar-refractivity contribution in [2.45, 2.75) is 52.1 Å². The molecule has 4 heteroatoms. The van der Waals surface area contributed by atoms with Gasteiger partial charge in [0.15, 0.2) is 11.5 Å². The van der Waals surface area contributed by atoms with Crippen LogP contribution in [-0.4, -0.2) is 19.3 Å². The fourth-order valence-electron chi connectivity index (χ4n) is 3.40. The van der Waals surface area contributed by atoms with E-state index in [9.17, 15) is 0 Å². The monoisotopic (exact) mass is 353 g/mol. The summed E-state index contributed by atoms with van der Waals surface area (Å²) in [5, 5.41) is 3.71. The molecule has 0 aromatic heterocycles. The van der Waals surface area contributed by atoms with Crippen LogP contribution in [0.1, 0.15) is 45.1 Å². The SMILES string of the molecule is CC1(C)CCCC(NCc2cc(Br)c3c(c2)OCCO3)C1. The molecule has 1 N–H and O–H groups in total. The van der Waals surface area contributed by atoms with Gasteiger partial charge in [-0.2, -0.15) is 0 Å². The van der Waals surface area contributed by atoms with Crippen LogP contribution in [-0.2, 0) is 6.54 Å². The third-order valence-corrected chi connectivity index (χ3v) is 5.05. The van der Waals surface area contributed by atoms with Crippen LogP contribution in [0.2, 0.25) is 0 Å². The van der Waals surface area contributed by atoms with Crippen molar-refractivity contribution < 1.29 is 9.47 Å². The van der Waals surface area contributed by atoms with Crippen LogP contribution in [0.25, 0.3) is 0 Å². The maximum atomic E-state index is 5.69. The Labute approximate surface area is 135 Å². The molecule has 1 fully saturated rings. The van der Waals surface area contributed by atoms with Crippen molar-refractivity contribution in [2.75, 3.05) is 13.2 Å². The van der Waals surface area contributed by atoms with Gasteiger partial charge in [0.05, 0.1) is 4.47 Å². The summed E-state index contributed by atoms with van der Waals surface area (Å²) in [6, 6.07) is 4.86. The second-order valence-electron chi connectivity index (χ2n) is 6.94. The van der Waals surface area contributed by atoms with E-state index in [4.69, 9.17) is 9.47 Å². The van der Waals surface area contributed by atoms with Crippen molar-refractivity contribution >= 4 is 15.9 Å². The maximum absolute atomic E-state index is 5.69. The molecule has 2 aliphatic rings. The minimum atomic E-state index is 0.475. The van der Waals surface area contributed by atoms with Gasteiger partial charge in [-0.15, -0.1) is 0 Å². The number of rotatable bonds is 3. The third kappa shape index (κ3) is 3.72. The molecule has 1 saturated carbocycles. The summed E-state index contributed by atoms with van der Waals surface area (Å²) in [5.41, 5.74) is 1.72. The molecule has 0 bridgehead atoms. The van der Waals surface area contributed by atoms with Crippen LogP contribution in [0.5, 0.6) is 11.5 Å². The maximum Gasteiger partial charge on any atom is 0.175 e. The summed E-state index contributed by atoms with van der Waals surface area (Å²) in [7, 11) is 0. The number of ether oxygens (including phenoxy) is 2. The van der Waals surface area contributed by atoms with Gasteiger partial charge in [0.25, 0.3) is 0 Å². The fourth-order valence-corrected chi connectivity index (χ4v) is 4.00. The van der Waals surface area contributed by atoms with Gasteiger partial charge in [0.2, 0.25) is 0 Å². The summed E-state index contributed by atoms with van der Waals surface area (Å²) in [4.78, 5) is 0. The molecule has 1 aromatic rings. The highest BCUT2D eigenvalue weighted by atomic mass is 79.9. The Morgan fingerprint density at radius 3 is 2.90 bits per heavy atom. The zero-order valence-corrected chi connectivity index (χ0v) is 14.5. The smallest absolute Gasteiger partial charge is 0.175 e. The highest BCUT2D eigenvalue weighted by Crippen LogP contribution is 2.39. The molecule has 0 radical (unpaired) electrons. The molecule has 1 aromatic carbocycles. The van der Waals surface area contributed by atoms with E-state index >= 15 is 0 Å². The summed E-state index contributed by atoms with van der Waals surface area (Å²) in [6.45, 7) is 6.90. The van der Waals surface area contributed by atoms with E-state index in [2.05, 4.69) is 47.2 Å². The van der Waals surface area contributed by atoms with Crippen molar-refractivity contribution in [2.24, 2.45) is 5.41 Å². The molecule has 1 heterocycles. The number of benzene rings is 1. The Balaban J connectivity index is 1.64. The van der Waals surface area contributed by atoms with E-state index in [0.29, 0.717) is 24.7 Å².